The van der Waals surface area contributed by atoms with Crippen LogP contribution in [0, 0.1) is 6.92 Å². The van der Waals surface area contributed by atoms with Crippen molar-refractivity contribution in [3.05, 3.63) is 29.2 Å². The average molecular weight is 334 g/mol. The van der Waals surface area contributed by atoms with Gasteiger partial charge >= 0.3 is 5.97 Å². The molecule has 0 amide bonds. The van der Waals surface area contributed by atoms with Gasteiger partial charge in [0.15, 0.2) is 12.3 Å². The quantitative estimate of drug-likeness (QED) is 0.751. The molecule has 0 aliphatic heterocycles. The monoisotopic (exact) mass is 334 g/mol. The van der Waals surface area contributed by atoms with Gasteiger partial charge in [-0.1, -0.05) is 34.6 Å². The first-order valence-corrected chi connectivity index (χ1v) is 8.32. The van der Waals surface area contributed by atoms with E-state index in [9.17, 15) is 4.79 Å². The largest absolute Gasteiger partial charge is 0.451 e. The maximum atomic E-state index is 12.2. The van der Waals surface area contributed by atoms with E-state index in [0.29, 0.717) is 11.6 Å². The van der Waals surface area contributed by atoms with Crippen LogP contribution in [0.25, 0.3) is 0 Å². The van der Waals surface area contributed by atoms with E-state index in [1.54, 1.807) is 6.07 Å². The molecule has 0 unspecified atom stereocenters. The summed E-state index contributed by atoms with van der Waals surface area (Å²) in [6.07, 6.45) is 1.93. The van der Waals surface area contributed by atoms with E-state index in [0.717, 1.165) is 18.5 Å². The molecule has 7 heteroatoms. The molecule has 0 fully saturated rings. The van der Waals surface area contributed by atoms with Crippen LogP contribution in [0.2, 0.25) is 0 Å². The number of carbonyl (C=O) groups is 1. The Morgan fingerprint density at radius 3 is 2.50 bits per heavy atom. The zero-order valence-electron chi connectivity index (χ0n) is 15.3. The predicted molar refractivity (Wildman–Crippen MR) is 88.7 cm³/mol. The summed E-state index contributed by atoms with van der Waals surface area (Å²) in [5, 5.41) is 12.3. The van der Waals surface area contributed by atoms with Gasteiger partial charge in [0, 0.05) is 11.1 Å². The SMILES string of the molecule is CCC(CC)n1nc(C(=O)OCc2nnc(C(C)(C)C)o2)cc1C. The molecule has 7 nitrogen and oxygen atoms in total. The highest BCUT2D eigenvalue weighted by Crippen LogP contribution is 2.21. The fourth-order valence-corrected chi connectivity index (χ4v) is 2.41. The molecule has 2 aromatic heterocycles. The fraction of sp³-hybridized carbons (Fsp3) is 0.647. The van der Waals surface area contributed by atoms with Crippen LogP contribution in [0.3, 0.4) is 0 Å². The molecule has 0 aliphatic carbocycles. The molecule has 2 aromatic rings. The molecule has 0 spiro atoms. The molecule has 0 aliphatic rings. The summed E-state index contributed by atoms with van der Waals surface area (Å²) in [5.41, 5.74) is 1.01. The van der Waals surface area contributed by atoms with E-state index >= 15 is 0 Å². The molecule has 24 heavy (non-hydrogen) atoms. The van der Waals surface area contributed by atoms with Crippen LogP contribution in [0.5, 0.6) is 0 Å². The fourth-order valence-electron chi connectivity index (χ4n) is 2.41. The molecular formula is C17H26N4O3. The molecule has 0 saturated heterocycles. The Kier molecular flexibility index (Phi) is 5.41. The van der Waals surface area contributed by atoms with Crippen LogP contribution >= 0.6 is 0 Å². The van der Waals surface area contributed by atoms with Crippen molar-refractivity contribution in [1.29, 1.82) is 0 Å². The minimum atomic E-state index is -0.488. The Bertz CT molecular complexity index is 693. The zero-order valence-corrected chi connectivity index (χ0v) is 15.3. The minimum Gasteiger partial charge on any atom is -0.451 e. The normalized spacial score (nSPS) is 12.0. The van der Waals surface area contributed by atoms with Gasteiger partial charge in [-0.15, -0.1) is 10.2 Å². The summed E-state index contributed by atoms with van der Waals surface area (Å²) in [5.74, 6) is 0.310. The second kappa shape index (κ2) is 7.15. The topological polar surface area (TPSA) is 83.0 Å². The third-order valence-corrected chi connectivity index (χ3v) is 3.86. The van der Waals surface area contributed by atoms with Crippen LogP contribution in [-0.4, -0.2) is 25.9 Å². The Labute approximate surface area is 142 Å². The van der Waals surface area contributed by atoms with E-state index < -0.39 is 5.97 Å². The van der Waals surface area contributed by atoms with Gasteiger partial charge in [0.25, 0.3) is 5.89 Å². The number of aromatic nitrogens is 4. The summed E-state index contributed by atoms with van der Waals surface area (Å²) >= 11 is 0. The summed E-state index contributed by atoms with van der Waals surface area (Å²) in [4.78, 5) is 12.2. The molecule has 0 radical (unpaired) electrons. The number of hydrogen-bond donors (Lipinski definition) is 0. The van der Waals surface area contributed by atoms with Crippen molar-refractivity contribution in [2.24, 2.45) is 0 Å². The molecular weight excluding hydrogens is 308 g/mol. The third-order valence-electron chi connectivity index (χ3n) is 3.86. The Morgan fingerprint density at radius 2 is 1.96 bits per heavy atom. The second-order valence-corrected chi connectivity index (χ2v) is 6.91. The lowest BCUT2D eigenvalue weighted by molar-refractivity contribution is 0.0427. The lowest BCUT2D eigenvalue weighted by Gasteiger charge is -2.14. The van der Waals surface area contributed by atoms with Crippen molar-refractivity contribution >= 4 is 5.97 Å². The van der Waals surface area contributed by atoms with Crippen LogP contribution in [0.4, 0.5) is 0 Å². The van der Waals surface area contributed by atoms with E-state index in [1.165, 1.54) is 0 Å². The molecule has 2 heterocycles. The number of rotatable bonds is 6. The van der Waals surface area contributed by atoms with Crippen molar-refractivity contribution in [2.75, 3.05) is 0 Å². The summed E-state index contributed by atoms with van der Waals surface area (Å²) in [6, 6.07) is 2.03. The first-order chi connectivity index (χ1) is 11.3. The molecule has 0 saturated carbocycles. The minimum absolute atomic E-state index is 0.0567. The van der Waals surface area contributed by atoms with Crippen molar-refractivity contribution in [1.82, 2.24) is 20.0 Å². The van der Waals surface area contributed by atoms with Crippen molar-refractivity contribution in [3.8, 4) is 0 Å². The zero-order chi connectivity index (χ0) is 17.9. The maximum absolute atomic E-state index is 12.2. The van der Waals surface area contributed by atoms with Gasteiger partial charge in [-0.05, 0) is 25.8 Å². The van der Waals surface area contributed by atoms with Crippen LogP contribution in [0.15, 0.2) is 10.5 Å². The highest BCUT2D eigenvalue weighted by atomic mass is 16.5. The smallest absolute Gasteiger partial charge is 0.359 e. The first-order valence-electron chi connectivity index (χ1n) is 8.32. The average Bonchev–Trinajstić information content (AvgIpc) is 3.13. The maximum Gasteiger partial charge on any atom is 0.359 e. The van der Waals surface area contributed by atoms with Crippen molar-refractivity contribution < 1.29 is 13.9 Å². The van der Waals surface area contributed by atoms with E-state index in [2.05, 4.69) is 29.1 Å². The van der Waals surface area contributed by atoms with Crippen LogP contribution in [0.1, 0.15) is 81.5 Å². The standard InChI is InChI=1S/C17H26N4O3/c1-7-12(8-2)21-11(3)9-13(20-21)15(22)23-10-14-18-19-16(24-14)17(4,5)6/h9,12H,7-8,10H2,1-6H3. The summed E-state index contributed by atoms with van der Waals surface area (Å²) < 4.78 is 12.6. The highest BCUT2D eigenvalue weighted by molar-refractivity contribution is 5.87. The Balaban J connectivity index is 2.03. The predicted octanol–water partition coefficient (Wildman–Crippen LogP) is 3.59. The van der Waals surface area contributed by atoms with Gasteiger partial charge in [-0.25, -0.2) is 4.79 Å². The van der Waals surface area contributed by atoms with Crippen LogP contribution in [-0.2, 0) is 16.8 Å². The number of hydrogen-bond acceptors (Lipinski definition) is 6. The van der Waals surface area contributed by atoms with Gasteiger partial charge in [0.1, 0.15) is 0 Å². The van der Waals surface area contributed by atoms with E-state index in [-0.39, 0.29) is 24.0 Å². The number of carbonyl (C=O) groups excluding carboxylic acids is 1. The van der Waals surface area contributed by atoms with Crippen LogP contribution < -0.4 is 0 Å². The van der Waals surface area contributed by atoms with Crippen molar-refractivity contribution in [2.45, 2.75) is 72.4 Å². The molecule has 0 N–H and O–H groups in total. The summed E-state index contributed by atoms with van der Waals surface area (Å²) in [6.45, 7) is 12.0. The van der Waals surface area contributed by atoms with E-state index in [1.807, 2.05) is 32.4 Å². The second-order valence-electron chi connectivity index (χ2n) is 6.91. The number of aryl methyl sites for hydroxylation is 1. The van der Waals surface area contributed by atoms with Gasteiger partial charge in [0.05, 0.1) is 6.04 Å². The van der Waals surface area contributed by atoms with Gasteiger partial charge < -0.3 is 9.15 Å². The number of ether oxygens (including phenoxy) is 1. The lowest BCUT2D eigenvalue weighted by atomic mass is 9.97. The molecule has 0 aromatic carbocycles. The first kappa shape index (κ1) is 18.2. The van der Waals surface area contributed by atoms with E-state index in [4.69, 9.17) is 9.15 Å². The van der Waals surface area contributed by atoms with Gasteiger partial charge in [-0.3, -0.25) is 4.68 Å². The number of esters is 1. The number of nitrogens with zero attached hydrogens (tertiary/aromatic N) is 4. The van der Waals surface area contributed by atoms with Gasteiger partial charge in [0.2, 0.25) is 5.89 Å². The summed E-state index contributed by atoms with van der Waals surface area (Å²) in [7, 11) is 0. The third kappa shape index (κ3) is 4.01. The highest BCUT2D eigenvalue weighted by Gasteiger charge is 2.22. The lowest BCUT2D eigenvalue weighted by Crippen LogP contribution is -2.12. The molecule has 2 rings (SSSR count). The molecule has 0 atom stereocenters. The van der Waals surface area contributed by atoms with Crippen molar-refractivity contribution in [3.63, 3.8) is 0 Å². The van der Waals surface area contributed by atoms with Gasteiger partial charge in [-0.2, -0.15) is 5.10 Å². The molecule has 0 bridgehead atoms. The Hall–Kier alpha value is -2.18. The molecule has 132 valence electrons. The Morgan fingerprint density at radius 1 is 1.29 bits per heavy atom.